The molecule has 0 aliphatic rings. The van der Waals surface area contributed by atoms with Gasteiger partial charge in [-0.25, -0.2) is 13.6 Å². The van der Waals surface area contributed by atoms with Crippen LogP contribution in [-0.2, 0) is 4.79 Å². The van der Waals surface area contributed by atoms with Gasteiger partial charge in [0.05, 0.1) is 12.5 Å². The van der Waals surface area contributed by atoms with Gasteiger partial charge in [-0.15, -0.1) is 0 Å². The highest BCUT2D eigenvalue weighted by Crippen LogP contribution is 2.19. The lowest BCUT2D eigenvalue weighted by Crippen LogP contribution is -2.38. The molecular formula is C12H14F2N2O3. The van der Waals surface area contributed by atoms with Crippen molar-refractivity contribution in [2.24, 2.45) is 0 Å². The Labute approximate surface area is 108 Å². The number of hydrogen-bond donors (Lipinski definition) is 3. The summed E-state index contributed by atoms with van der Waals surface area (Å²) >= 11 is 0. The molecule has 7 heteroatoms. The number of aliphatic carboxylic acids is 1. The van der Waals surface area contributed by atoms with Crippen molar-refractivity contribution in [1.82, 2.24) is 10.6 Å². The van der Waals surface area contributed by atoms with E-state index in [9.17, 15) is 18.4 Å². The lowest BCUT2D eigenvalue weighted by Gasteiger charge is -2.16. The van der Waals surface area contributed by atoms with Crippen molar-refractivity contribution in [3.63, 3.8) is 0 Å². The molecule has 0 saturated heterocycles. The molecule has 5 nitrogen and oxygen atoms in total. The van der Waals surface area contributed by atoms with Crippen LogP contribution in [0.2, 0.25) is 0 Å². The molecule has 1 aromatic rings. The SMILES string of the molecule is CC(NC(=O)NCCC(=O)O)c1c(F)cccc1F. The highest BCUT2D eigenvalue weighted by Gasteiger charge is 2.17. The predicted molar refractivity (Wildman–Crippen MR) is 63.6 cm³/mol. The van der Waals surface area contributed by atoms with E-state index in [0.29, 0.717) is 0 Å². The molecule has 1 rings (SSSR count). The first-order valence-electron chi connectivity index (χ1n) is 5.62. The maximum atomic E-state index is 13.4. The van der Waals surface area contributed by atoms with Gasteiger partial charge in [-0.1, -0.05) is 6.07 Å². The molecule has 3 N–H and O–H groups in total. The number of rotatable bonds is 5. The van der Waals surface area contributed by atoms with Crippen molar-refractivity contribution in [2.45, 2.75) is 19.4 Å². The van der Waals surface area contributed by atoms with Crippen molar-refractivity contribution in [3.8, 4) is 0 Å². The number of carbonyl (C=O) groups excluding carboxylic acids is 1. The summed E-state index contributed by atoms with van der Waals surface area (Å²) in [5.74, 6) is -2.55. The molecule has 0 fully saturated rings. The van der Waals surface area contributed by atoms with Crippen LogP contribution in [0.1, 0.15) is 24.9 Å². The third-order valence-corrected chi connectivity index (χ3v) is 2.40. The van der Waals surface area contributed by atoms with E-state index in [0.717, 1.165) is 12.1 Å². The fourth-order valence-electron chi connectivity index (χ4n) is 1.53. The van der Waals surface area contributed by atoms with E-state index in [4.69, 9.17) is 5.11 Å². The summed E-state index contributed by atoms with van der Waals surface area (Å²) in [6.07, 6.45) is -0.226. The van der Waals surface area contributed by atoms with Gasteiger partial charge in [0.2, 0.25) is 0 Å². The first kappa shape index (κ1) is 14.9. The van der Waals surface area contributed by atoms with Crippen LogP contribution in [-0.4, -0.2) is 23.7 Å². The van der Waals surface area contributed by atoms with Gasteiger partial charge in [-0.2, -0.15) is 0 Å². The monoisotopic (exact) mass is 272 g/mol. The van der Waals surface area contributed by atoms with Crippen molar-refractivity contribution in [3.05, 3.63) is 35.4 Å². The van der Waals surface area contributed by atoms with Crippen LogP contribution >= 0.6 is 0 Å². The minimum Gasteiger partial charge on any atom is -0.481 e. The summed E-state index contributed by atoms with van der Waals surface area (Å²) in [7, 11) is 0. The van der Waals surface area contributed by atoms with Crippen LogP contribution in [0.5, 0.6) is 0 Å². The third kappa shape index (κ3) is 4.53. The number of halogens is 2. The summed E-state index contributed by atoms with van der Waals surface area (Å²) < 4.78 is 26.8. The van der Waals surface area contributed by atoms with Crippen molar-refractivity contribution >= 4 is 12.0 Å². The Morgan fingerprint density at radius 2 is 1.89 bits per heavy atom. The second kappa shape index (κ2) is 6.67. The first-order chi connectivity index (χ1) is 8.91. The fraction of sp³-hybridized carbons (Fsp3) is 0.333. The van der Waals surface area contributed by atoms with Crippen LogP contribution in [0.4, 0.5) is 13.6 Å². The maximum Gasteiger partial charge on any atom is 0.315 e. The first-order valence-corrected chi connectivity index (χ1v) is 5.62. The lowest BCUT2D eigenvalue weighted by atomic mass is 10.1. The van der Waals surface area contributed by atoms with Crippen LogP contribution < -0.4 is 10.6 Å². The second-order valence-electron chi connectivity index (χ2n) is 3.90. The Kier molecular flexibility index (Phi) is 5.23. The summed E-state index contributed by atoms with van der Waals surface area (Å²) in [5.41, 5.74) is -0.240. The smallest absolute Gasteiger partial charge is 0.315 e. The summed E-state index contributed by atoms with van der Waals surface area (Å²) in [6, 6.07) is 1.87. The van der Waals surface area contributed by atoms with Crippen LogP contribution in [0.3, 0.4) is 0 Å². The summed E-state index contributed by atoms with van der Waals surface area (Å²) in [4.78, 5) is 21.6. The van der Waals surface area contributed by atoms with Gasteiger partial charge in [-0.05, 0) is 19.1 Å². The Balaban J connectivity index is 2.57. The number of carboxylic acid groups (broad SMARTS) is 1. The van der Waals surface area contributed by atoms with Crippen LogP contribution in [0.25, 0.3) is 0 Å². The number of benzene rings is 1. The molecule has 0 aromatic heterocycles. The van der Waals surface area contributed by atoms with Gasteiger partial charge >= 0.3 is 12.0 Å². The largest absolute Gasteiger partial charge is 0.481 e. The fourth-order valence-corrected chi connectivity index (χ4v) is 1.53. The van der Waals surface area contributed by atoms with Crippen molar-refractivity contribution < 1.29 is 23.5 Å². The molecule has 1 aromatic carbocycles. The van der Waals surface area contributed by atoms with Gasteiger partial charge in [0.15, 0.2) is 0 Å². The predicted octanol–water partition coefficient (Wildman–Crippen LogP) is 1.80. The molecule has 0 spiro atoms. The number of carbonyl (C=O) groups is 2. The van der Waals surface area contributed by atoms with Gasteiger partial charge < -0.3 is 15.7 Å². The number of amides is 2. The quantitative estimate of drug-likeness (QED) is 0.764. The molecule has 1 unspecified atom stereocenters. The number of urea groups is 1. The summed E-state index contributed by atoms with van der Waals surface area (Å²) in [6.45, 7) is 1.37. The summed E-state index contributed by atoms with van der Waals surface area (Å²) in [5, 5.41) is 13.0. The number of carboxylic acids is 1. The zero-order chi connectivity index (χ0) is 14.4. The maximum absolute atomic E-state index is 13.4. The standard InChI is InChI=1S/C12H14F2N2O3/c1-7(11-8(13)3-2-4-9(11)14)16-12(19)15-6-5-10(17)18/h2-4,7H,5-6H2,1H3,(H,17,18)(H2,15,16,19). The molecule has 0 saturated carbocycles. The highest BCUT2D eigenvalue weighted by molar-refractivity contribution is 5.75. The molecule has 0 bridgehead atoms. The van der Waals surface area contributed by atoms with E-state index in [2.05, 4.69) is 10.6 Å². The zero-order valence-electron chi connectivity index (χ0n) is 10.2. The van der Waals surface area contributed by atoms with E-state index >= 15 is 0 Å². The minimum absolute atomic E-state index is 0.0619. The van der Waals surface area contributed by atoms with E-state index in [1.54, 1.807) is 0 Å². The average Bonchev–Trinajstić information content (AvgIpc) is 2.27. The van der Waals surface area contributed by atoms with E-state index in [1.807, 2.05) is 0 Å². The van der Waals surface area contributed by atoms with Gasteiger partial charge in [0.1, 0.15) is 11.6 Å². The highest BCUT2D eigenvalue weighted by atomic mass is 19.1. The molecule has 0 aliphatic heterocycles. The van der Waals surface area contributed by atoms with E-state index in [1.165, 1.54) is 13.0 Å². The molecular weight excluding hydrogens is 258 g/mol. The van der Waals surface area contributed by atoms with Crippen molar-refractivity contribution in [1.29, 1.82) is 0 Å². The Bertz CT molecular complexity index is 460. The zero-order valence-corrected chi connectivity index (χ0v) is 10.2. The van der Waals surface area contributed by atoms with Crippen LogP contribution in [0, 0.1) is 11.6 Å². The Morgan fingerprint density at radius 3 is 2.42 bits per heavy atom. The molecule has 0 heterocycles. The molecule has 0 aliphatic carbocycles. The lowest BCUT2D eigenvalue weighted by molar-refractivity contribution is -0.136. The number of hydrogen-bond acceptors (Lipinski definition) is 2. The minimum atomic E-state index is -1.05. The van der Waals surface area contributed by atoms with Gasteiger partial charge in [0, 0.05) is 12.1 Å². The molecule has 19 heavy (non-hydrogen) atoms. The Hall–Kier alpha value is -2.18. The van der Waals surface area contributed by atoms with E-state index in [-0.39, 0.29) is 18.5 Å². The van der Waals surface area contributed by atoms with Gasteiger partial charge in [0.25, 0.3) is 0 Å². The average molecular weight is 272 g/mol. The normalized spacial score (nSPS) is 11.7. The van der Waals surface area contributed by atoms with Crippen molar-refractivity contribution in [2.75, 3.05) is 6.54 Å². The molecule has 2 amide bonds. The Morgan fingerprint density at radius 1 is 1.32 bits per heavy atom. The topological polar surface area (TPSA) is 78.4 Å². The second-order valence-corrected chi connectivity index (χ2v) is 3.90. The molecule has 0 radical (unpaired) electrons. The molecule has 104 valence electrons. The van der Waals surface area contributed by atoms with E-state index < -0.39 is 29.7 Å². The third-order valence-electron chi connectivity index (χ3n) is 2.40. The van der Waals surface area contributed by atoms with Crippen LogP contribution in [0.15, 0.2) is 18.2 Å². The number of nitrogens with one attached hydrogen (secondary N) is 2. The van der Waals surface area contributed by atoms with Gasteiger partial charge in [-0.3, -0.25) is 4.79 Å². The molecule has 1 atom stereocenters.